The number of carbonyl (C=O) groups is 1. The first-order valence-corrected chi connectivity index (χ1v) is 6.69. The van der Waals surface area contributed by atoms with Crippen LogP contribution in [0.25, 0.3) is 5.65 Å². The molecule has 1 N–H and O–H groups in total. The first kappa shape index (κ1) is 15.0. The molecule has 2 heterocycles. The van der Waals surface area contributed by atoms with Crippen LogP contribution in [0.2, 0.25) is 0 Å². The highest BCUT2D eigenvalue weighted by Crippen LogP contribution is 2.29. The van der Waals surface area contributed by atoms with Crippen molar-refractivity contribution < 1.29 is 18.0 Å². The van der Waals surface area contributed by atoms with Crippen LogP contribution < -0.4 is 5.32 Å². The molecule has 0 fully saturated rings. The number of fused-ring (bicyclic) bond motifs is 1. The average Bonchev–Trinajstić information content (AvgIpc) is 2.95. The quantitative estimate of drug-likeness (QED) is 0.807. The minimum Gasteiger partial charge on any atom is -0.345 e. The minimum absolute atomic E-state index is 0.116. The smallest absolute Gasteiger partial charge is 0.345 e. The number of amides is 1. The Morgan fingerprint density at radius 3 is 2.52 bits per heavy atom. The van der Waals surface area contributed by atoms with E-state index >= 15 is 0 Å². The van der Waals surface area contributed by atoms with Crippen LogP contribution in [0.4, 0.5) is 13.2 Å². The Hall–Kier alpha value is -2.90. The summed E-state index contributed by atoms with van der Waals surface area (Å²) in [6.07, 6.45) is -2.66. The van der Waals surface area contributed by atoms with Gasteiger partial charge in [0.1, 0.15) is 0 Å². The molecule has 2 aromatic heterocycles. The van der Waals surface area contributed by atoms with Gasteiger partial charge in [0.2, 0.25) is 0 Å². The molecule has 3 rings (SSSR count). The maximum absolute atomic E-state index is 12.5. The van der Waals surface area contributed by atoms with Crippen LogP contribution in [0.3, 0.4) is 0 Å². The number of benzene rings is 1. The van der Waals surface area contributed by atoms with Crippen molar-refractivity contribution in [2.24, 2.45) is 0 Å². The summed E-state index contributed by atoms with van der Waals surface area (Å²) >= 11 is 0. The normalized spacial score (nSPS) is 11.6. The Morgan fingerprint density at radius 1 is 1.09 bits per heavy atom. The number of hydrogen-bond donors (Lipinski definition) is 1. The third-order valence-electron chi connectivity index (χ3n) is 3.27. The zero-order valence-corrected chi connectivity index (χ0v) is 11.7. The van der Waals surface area contributed by atoms with Crippen LogP contribution in [0, 0.1) is 0 Å². The van der Waals surface area contributed by atoms with Crippen molar-refractivity contribution in [2.45, 2.75) is 12.7 Å². The van der Waals surface area contributed by atoms with Crippen LogP contribution >= 0.6 is 0 Å². The number of rotatable bonds is 3. The van der Waals surface area contributed by atoms with E-state index < -0.39 is 17.6 Å². The van der Waals surface area contributed by atoms with Crippen molar-refractivity contribution in [1.29, 1.82) is 0 Å². The SMILES string of the molecule is O=C(NCc1nnc2ccccn12)c1ccc(C(F)(F)F)cc1. The van der Waals surface area contributed by atoms with Gasteiger partial charge in [-0.25, -0.2) is 0 Å². The second kappa shape index (κ2) is 5.71. The summed E-state index contributed by atoms with van der Waals surface area (Å²) in [5, 5.41) is 10.5. The average molecular weight is 320 g/mol. The van der Waals surface area contributed by atoms with Gasteiger partial charge in [0.05, 0.1) is 12.1 Å². The molecule has 118 valence electrons. The zero-order chi connectivity index (χ0) is 16.4. The number of pyridine rings is 1. The van der Waals surface area contributed by atoms with Crippen LogP contribution in [0.5, 0.6) is 0 Å². The molecule has 23 heavy (non-hydrogen) atoms. The van der Waals surface area contributed by atoms with Gasteiger partial charge in [-0.1, -0.05) is 6.07 Å². The maximum Gasteiger partial charge on any atom is 0.416 e. The largest absolute Gasteiger partial charge is 0.416 e. The number of carbonyl (C=O) groups excluding carboxylic acids is 1. The van der Waals surface area contributed by atoms with Gasteiger partial charge in [-0.2, -0.15) is 13.2 Å². The van der Waals surface area contributed by atoms with Crippen LogP contribution in [0.15, 0.2) is 48.7 Å². The summed E-state index contributed by atoms with van der Waals surface area (Å²) in [4.78, 5) is 12.0. The molecule has 0 spiro atoms. The van der Waals surface area contributed by atoms with E-state index in [1.807, 2.05) is 6.07 Å². The van der Waals surface area contributed by atoms with E-state index in [9.17, 15) is 18.0 Å². The summed E-state index contributed by atoms with van der Waals surface area (Å²) < 4.78 is 39.2. The fourth-order valence-corrected chi connectivity index (χ4v) is 2.08. The van der Waals surface area contributed by atoms with Crippen molar-refractivity contribution in [2.75, 3.05) is 0 Å². The molecular formula is C15H11F3N4O. The topological polar surface area (TPSA) is 59.3 Å². The molecule has 0 radical (unpaired) electrons. The first-order valence-electron chi connectivity index (χ1n) is 6.69. The van der Waals surface area contributed by atoms with Gasteiger partial charge in [-0.3, -0.25) is 9.20 Å². The lowest BCUT2D eigenvalue weighted by Gasteiger charge is -2.08. The summed E-state index contributed by atoms with van der Waals surface area (Å²) in [6, 6.07) is 9.42. The Kier molecular flexibility index (Phi) is 3.73. The molecule has 0 aliphatic rings. The monoisotopic (exact) mass is 320 g/mol. The van der Waals surface area contributed by atoms with Gasteiger partial charge >= 0.3 is 6.18 Å². The third-order valence-corrected chi connectivity index (χ3v) is 3.27. The summed E-state index contributed by atoms with van der Waals surface area (Å²) in [5.41, 5.74) is -0.00407. The molecule has 0 saturated carbocycles. The number of hydrogen-bond acceptors (Lipinski definition) is 3. The lowest BCUT2D eigenvalue weighted by Crippen LogP contribution is -2.24. The first-order chi connectivity index (χ1) is 10.9. The maximum atomic E-state index is 12.5. The predicted octanol–water partition coefficient (Wildman–Crippen LogP) is 2.68. The molecule has 0 aliphatic carbocycles. The van der Waals surface area contributed by atoms with Gasteiger partial charge in [0.15, 0.2) is 11.5 Å². The Morgan fingerprint density at radius 2 is 1.83 bits per heavy atom. The van der Waals surface area contributed by atoms with E-state index in [0.29, 0.717) is 11.5 Å². The van der Waals surface area contributed by atoms with Crippen molar-refractivity contribution in [1.82, 2.24) is 19.9 Å². The van der Waals surface area contributed by atoms with Crippen molar-refractivity contribution >= 4 is 11.6 Å². The zero-order valence-electron chi connectivity index (χ0n) is 11.7. The van der Waals surface area contributed by atoms with Crippen LogP contribution in [0.1, 0.15) is 21.7 Å². The Bertz CT molecular complexity index is 840. The van der Waals surface area contributed by atoms with Crippen molar-refractivity contribution in [3.63, 3.8) is 0 Å². The van der Waals surface area contributed by atoms with Crippen LogP contribution in [-0.4, -0.2) is 20.5 Å². The number of aromatic nitrogens is 3. The summed E-state index contributed by atoms with van der Waals surface area (Å²) in [6.45, 7) is 0.116. The molecule has 0 saturated heterocycles. The van der Waals surface area contributed by atoms with Crippen molar-refractivity contribution in [3.05, 3.63) is 65.6 Å². The number of nitrogens with zero attached hydrogens (tertiary/aromatic N) is 3. The molecule has 3 aromatic rings. The molecule has 0 aliphatic heterocycles. The molecule has 1 amide bonds. The van der Waals surface area contributed by atoms with E-state index in [0.717, 1.165) is 24.3 Å². The van der Waals surface area contributed by atoms with Crippen molar-refractivity contribution in [3.8, 4) is 0 Å². The lowest BCUT2D eigenvalue weighted by molar-refractivity contribution is -0.137. The predicted molar refractivity (Wildman–Crippen MR) is 75.6 cm³/mol. The van der Waals surface area contributed by atoms with Crippen LogP contribution in [-0.2, 0) is 12.7 Å². The van der Waals surface area contributed by atoms with E-state index in [-0.39, 0.29) is 12.1 Å². The molecule has 1 aromatic carbocycles. The molecule has 0 atom stereocenters. The Labute approximate surface area is 128 Å². The third kappa shape index (κ3) is 3.15. The highest BCUT2D eigenvalue weighted by Gasteiger charge is 2.30. The second-order valence-corrected chi connectivity index (χ2v) is 4.80. The fraction of sp³-hybridized carbons (Fsp3) is 0.133. The number of nitrogens with one attached hydrogen (secondary N) is 1. The fourth-order valence-electron chi connectivity index (χ4n) is 2.08. The summed E-state index contributed by atoms with van der Waals surface area (Å²) in [7, 11) is 0. The molecule has 0 bridgehead atoms. The molecule has 8 heteroatoms. The van der Waals surface area contributed by atoms with Gasteiger partial charge in [-0.05, 0) is 36.4 Å². The molecule has 5 nitrogen and oxygen atoms in total. The Balaban J connectivity index is 1.70. The number of halogens is 3. The standard InChI is InChI=1S/C15H11F3N4O/c16-15(17,18)11-6-4-10(5-7-11)14(23)19-9-13-21-20-12-3-1-2-8-22(12)13/h1-8H,9H2,(H,19,23). The molecular weight excluding hydrogens is 309 g/mol. The highest BCUT2D eigenvalue weighted by atomic mass is 19.4. The number of alkyl halides is 3. The highest BCUT2D eigenvalue weighted by molar-refractivity contribution is 5.94. The lowest BCUT2D eigenvalue weighted by atomic mass is 10.1. The van der Waals surface area contributed by atoms with Gasteiger partial charge in [0.25, 0.3) is 5.91 Å². The van der Waals surface area contributed by atoms with Gasteiger partial charge in [0, 0.05) is 11.8 Å². The minimum atomic E-state index is -4.42. The second-order valence-electron chi connectivity index (χ2n) is 4.80. The van der Waals surface area contributed by atoms with Gasteiger partial charge in [-0.15, -0.1) is 10.2 Å². The van der Waals surface area contributed by atoms with Gasteiger partial charge < -0.3 is 5.32 Å². The summed E-state index contributed by atoms with van der Waals surface area (Å²) in [5.74, 6) is 0.0484. The van der Waals surface area contributed by atoms with E-state index in [4.69, 9.17) is 0 Å². The van der Waals surface area contributed by atoms with E-state index in [1.54, 1.807) is 22.7 Å². The molecule has 0 unspecified atom stereocenters. The van der Waals surface area contributed by atoms with E-state index in [1.165, 1.54) is 0 Å². The van der Waals surface area contributed by atoms with E-state index in [2.05, 4.69) is 15.5 Å².